The molecular formula is C26H18Cl2N2O4S. The number of carbonyl (C=O) groups excluding carboxylic acids is 2. The first-order valence-electron chi connectivity index (χ1n) is 10.7. The number of halogens is 2. The minimum Gasteiger partial charge on any atom is -0.507 e. The number of hydrogen-bond donors (Lipinski definition) is 1. The molecule has 0 aliphatic carbocycles. The van der Waals surface area contributed by atoms with Crippen LogP contribution < -0.4 is 9.64 Å². The fraction of sp³-hybridized carbons (Fsp3) is 0.115. The third kappa shape index (κ3) is 4.27. The standard InChI is InChI=1S/C26H18Cl2N2O4S/c1-2-34-18-5-3-4-15(12-18)23(31)21-22(14-6-8-16(27)9-7-14)30(25(33)24(21)32)26-29-19-11-10-17(28)13-20(19)35-26/h3-13,22,31H,2H2,1H3/b23-21+. The lowest BCUT2D eigenvalue weighted by molar-refractivity contribution is -0.132. The van der Waals surface area contributed by atoms with Crippen LogP contribution in [0.25, 0.3) is 16.0 Å². The number of ether oxygens (including phenoxy) is 1. The Kier molecular flexibility index (Phi) is 6.23. The van der Waals surface area contributed by atoms with E-state index in [4.69, 9.17) is 27.9 Å². The molecule has 3 aromatic carbocycles. The number of Topliss-reactive ketones (excluding diaryl/α,β-unsaturated/α-hetero) is 1. The van der Waals surface area contributed by atoms with Gasteiger partial charge in [0.05, 0.1) is 28.4 Å². The van der Waals surface area contributed by atoms with Gasteiger partial charge in [-0.05, 0) is 55.0 Å². The molecule has 176 valence electrons. The molecule has 9 heteroatoms. The Bertz CT molecular complexity index is 1500. The second-order valence-electron chi connectivity index (χ2n) is 7.79. The molecule has 1 aliphatic rings. The molecule has 1 atom stereocenters. The average molecular weight is 525 g/mol. The van der Waals surface area contributed by atoms with Gasteiger partial charge < -0.3 is 9.84 Å². The maximum atomic E-state index is 13.3. The number of rotatable bonds is 5. The molecule has 0 spiro atoms. The lowest BCUT2D eigenvalue weighted by Gasteiger charge is -2.23. The van der Waals surface area contributed by atoms with Crippen LogP contribution in [0.5, 0.6) is 5.75 Å². The molecule has 5 rings (SSSR count). The molecule has 1 amide bonds. The number of hydrogen-bond acceptors (Lipinski definition) is 6. The molecule has 0 bridgehead atoms. The van der Waals surface area contributed by atoms with Crippen molar-refractivity contribution in [2.45, 2.75) is 13.0 Å². The summed E-state index contributed by atoms with van der Waals surface area (Å²) in [5.74, 6) is -1.34. The number of aliphatic hydroxyl groups excluding tert-OH is 1. The van der Waals surface area contributed by atoms with Crippen molar-refractivity contribution >= 4 is 67.3 Å². The second-order valence-corrected chi connectivity index (χ2v) is 9.67. The van der Waals surface area contributed by atoms with Crippen LogP contribution in [0.1, 0.15) is 24.1 Å². The van der Waals surface area contributed by atoms with Crippen LogP contribution in [0.2, 0.25) is 10.0 Å². The lowest BCUT2D eigenvalue weighted by Crippen LogP contribution is -2.29. The summed E-state index contributed by atoms with van der Waals surface area (Å²) in [5, 5.41) is 12.7. The monoisotopic (exact) mass is 524 g/mol. The largest absolute Gasteiger partial charge is 0.507 e. The maximum Gasteiger partial charge on any atom is 0.301 e. The Labute approximate surface area is 215 Å². The molecule has 1 unspecified atom stereocenters. The first-order chi connectivity index (χ1) is 16.9. The number of fused-ring (bicyclic) bond motifs is 1. The smallest absolute Gasteiger partial charge is 0.301 e. The van der Waals surface area contributed by atoms with E-state index < -0.39 is 17.7 Å². The quantitative estimate of drug-likeness (QED) is 0.180. The minimum absolute atomic E-state index is 0.0386. The van der Waals surface area contributed by atoms with Crippen LogP contribution in [0.15, 0.2) is 72.3 Å². The van der Waals surface area contributed by atoms with Crippen molar-refractivity contribution in [2.75, 3.05) is 11.5 Å². The summed E-state index contributed by atoms with van der Waals surface area (Å²) in [6.07, 6.45) is 0. The predicted molar refractivity (Wildman–Crippen MR) is 138 cm³/mol. The van der Waals surface area contributed by atoms with Crippen molar-refractivity contribution < 1.29 is 19.4 Å². The van der Waals surface area contributed by atoms with E-state index in [9.17, 15) is 14.7 Å². The predicted octanol–water partition coefficient (Wildman–Crippen LogP) is 6.63. The summed E-state index contributed by atoms with van der Waals surface area (Å²) in [7, 11) is 0. The molecule has 4 aromatic rings. The van der Waals surface area contributed by atoms with Gasteiger partial charge in [0.2, 0.25) is 0 Å². The topological polar surface area (TPSA) is 79.7 Å². The van der Waals surface area contributed by atoms with Crippen molar-refractivity contribution in [3.63, 3.8) is 0 Å². The molecule has 1 aliphatic heterocycles. The molecule has 1 saturated heterocycles. The Morgan fingerprint density at radius 1 is 1.06 bits per heavy atom. The van der Waals surface area contributed by atoms with Gasteiger partial charge in [0.1, 0.15) is 11.5 Å². The summed E-state index contributed by atoms with van der Waals surface area (Å²) >= 11 is 13.5. The number of nitrogens with zero attached hydrogens (tertiary/aromatic N) is 2. The summed E-state index contributed by atoms with van der Waals surface area (Å²) in [4.78, 5) is 32.6. The highest BCUT2D eigenvalue weighted by Gasteiger charge is 2.48. The third-order valence-electron chi connectivity index (χ3n) is 5.59. The van der Waals surface area contributed by atoms with Crippen molar-refractivity contribution in [3.05, 3.63) is 93.5 Å². The van der Waals surface area contributed by atoms with E-state index in [0.29, 0.717) is 44.2 Å². The van der Waals surface area contributed by atoms with Gasteiger partial charge in [-0.15, -0.1) is 0 Å². The molecule has 2 heterocycles. The summed E-state index contributed by atoms with van der Waals surface area (Å²) < 4.78 is 6.31. The number of anilines is 1. The number of aromatic nitrogens is 1. The Balaban J connectivity index is 1.71. The Morgan fingerprint density at radius 2 is 1.80 bits per heavy atom. The molecule has 1 N–H and O–H groups in total. The molecule has 0 saturated carbocycles. The Morgan fingerprint density at radius 3 is 2.54 bits per heavy atom. The fourth-order valence-electron chi connectivity index (χ4n) is 4.03. The zero-order valence-corrected chi connectivity index (χ0v) is 20.7. The van der Waals surface area contributed by atoms with Crippen LogP contribution in [0, 0.1) is 0 Å². The van der Waals surface area contributed by atoms with Gasteiger partial charge in [-0.2, -0.15) is 0 Å². The highest BCUT2D eigenvalue weighted by Crippen LogP contribution is 2.44. The van der Waals surface area contributed by atoms with Crippen molar-refractivity contribution in [2.24, 2.45) is 0 Å². The summed E-state index contributed by atoms with van der Waals surface area (Å²) in [6.45, 7) is 2.30. The summed E-state index contributed by atoms with van der Waals surface area (Å²) in [6, 6.07) is 17.9. The van der Waals surface area contributed by atoms with Gasteiger partial charge in [-0.3, -0.25) is 14.5 Å². The van der Waals surface area contributed by atoms with E-state index in [-0.39, 0.29) is 11.3 Å². The lowest BCUT2D eigenvalue weighted by atomic mass is 9.95. The molecular weight excluding hydrogens is 507 g/mol. The van der Waals surface area contributed by atoms with Gasteiger partial charge >= 0.3 is 5.91 Å². The van der Waals surface area contributed by atoms with Crippen LogP contribution in [0.3, 0.4) is 0 Å². The van der Waals surface area contributed by atoms with Gasteiger partial charge in [0.15, 0.2) is 5.13 Å². The van der Waals surface area contributed by atoms with Crippen LogP contribution in [-0.4, -0.2) is 28.4 Å². The molecule has 1 fully saturated rings. The number of aliphatic hydroxyl groups is 1. The van der Waals surface area contributed by atoms with Gasteiger partial charge in [0, 0.05) is 15.6 Å². The van der Waals surface area contributed by atoms with Crippen molar-refractivity contribution in [3.8, 4) is 5.75 Å². The van der Waals surface area contributed by atoms with E-state index >= 15 is 0 Å². The molecule has 0 radical (unpaired) electrons. The summed E-state index contributed by atoms with van der Waals surface area (Å²) in [5.41, 5.74) is 1.58. The van der Waals surface area contributed by atoms with Crippen LogP contribution >= 0.6 is 34.5 Å². The minimum atomic E-state index is -0.904. The number of amides is 1. The third-order valence-corrected chi connectivity index (χ3v) is 7.10. The number of ketones is 1. The maximum absolute atomic E-state index is 13.3. The van der Waals surface area contributed by atoms with Crippen LogP contribution in [-0.2, 0) is 9.59 Å². The van der Waals surface area contributed by atoms with Crippen LogP contribution in [0.4, 0.5) is 5.13 Å². The normalized spacial score (nSPS) is 17.3. The molecule has 6 nitrogen and oxygen atoms in total. The second kappa shape index (κ2) is 9.34. The SMILES string of the molecule is CCOc1cccc(/C(O)=C2\C(=O)C(=O)N(c3nc4ccc(Cl)cc4s3)C2c2ccc(Cl)cc2)c1. The van der Waals surface area contributed by atoms with E-state index in [1.165, 1.54) is 16.2 Å². The number of benzene rings is 3. The van der Waals surface area contributed by atoms with E-state index in [0.717, 1.165) is 4.70 Å². The van der Waals surface area contributed by atoms with E-state index in [2.05, 4.69) is 4.98 Å². The molecule has 35 heavy (non-hydrogen) atoms. The highest BCUT2D eigenvalue weighted by atomic mass is 35.5. The van der Waals surface area contributed by atoms with Crippen molar-refractivity contribution in [1.29, 1.82) is 0 Å². The number of carbonyl (C=O) groups is 2. The zero-order valence-electron chi connectivity index (χ0n) is 18.4. The van der Waals surface area contributed by atoms with Gasteiger partial charge in [-0.1, -0.05) is 58.8 Å². The average Bonchev–Trinajstić information content (AvgIpc) is 3.37. The highest BCUT2D eigenvalue weighted by molar-refractivity contribution is 7.22. The fourth-order valence-corrected chi connectivity index (χ4v) is 5.43. The zero-order chi connectivity index (χ0) is 24.7. The van der Waals surface area contributed by atoms with E-state index in [1.54, 1.807) is 66.7 Å². The first kappa shape index (κ1) is 23.4. The first-order valence-corrected chi connectivity index (χ1v) is 12.3. The van der Waals surface area contributed by atoms with Gasteiger partial charge in [0.25, 0.3) is 5.78 Å². The Hall–Kier alpha value is -3.39. The van der Waals surface area contributed by atoms with Crippen molar-refractivity contribution in [1.82, 2.24) is 4.98 Å². The van der Waals surface area contributed by atoms with E-state index in [1.807, 2.05) is 6.92 Å². The number of thiazole rings is 1. The molecule has 1 aromatic heterocycles. The van der Waals surface area contributed by atoms with Gasteiger partial charge in [-0.25, -0.2) is 4.98 Å².